The van der Waals surface area contributed by atoms with Crippen LogP contribution in [0, 0.1) is 5.92 Å². The van der Waals surface area contributed by atoms with Crippen molar-refractivity contribution < 1.29 is 28.6 Å². The van der Waals surface area contributed by atoms with Crippen LogP contribution in [0.25, 0.3) is 0 Å². The highest BCUT2D eigenvalue weighted by Crippen LogP contribution is 2.27. The lowest BCUT2D eigenvalue weighted by molar-refractivity contribution is -0.134. The van der Waals surface area contributed by atoms with Crippen LogP contribution in [-0.4, -0.2) is 92.2 Å². The van der Waals surface area contributed by atoms with Gasteiger partial charge in [0, 0.05) is 64.4 Å². The first-order chi connectivity index (χ1) is 17.7. The zero-order valence-corrected chi connectivity index (χ0v) is 22.1. The summed E-state index contributed by atoms with van der Waals surface area (Å²) in [6.45, 7) is 4.76. The van der Waals surface area contributed by atoms with Gasteiger partial charge in [0.2, 0.25) is 11.8 Å². The number of carbonyl (C=O) groups excluding carboxylic acids is 3. The van der Waals surface area contributed by atoms with Gasteiger partial charge in [-0.25, -0.2) is 0 Å². The molecule has 10 nitrogen and oxygen atoms in total. The summed E-state index contributed by atoms with van der Waals surface area (Å²) in [5.41, 5.74) is 1.66. The number of hydrogen-bond acceptors (Lipinski definition) is 7. The number of nitrogens with zero attached hydrogens (tertiary/aromatic N) is 3. The number of benzene rings is 1. The van der Waals surface area contributed by atoms with Crippen LogP contribution >= 0.6 is 0 Å². The Balaban J connectivity index is 1.93. The molecule has 0 unspecified atom stereocenters. The molecule has 3 atom stereocenters. The third-order valence-corrected chi connectivity index (χ3v) is 6.40. The Morgan fingerprint density at radius 2 is 1.97 bits per heavy atom. The number of anilines is 1. The molecule has 37 heavy (non-hydrogen) atoms. The maximum absolute atomic E-state index is 13.4. The Morgan fingerprint density at radius 1 is 1.19 bits per heavy atom. The third-order valence-electron chi connectivity index (χ3n) is 6.40. The second kappa shape index (κ2) is 13.2. The molecule has 0 bridgehead atoms. The normalized spacial score (nSPS) is 20.8. The number of hydrogen-bond donors (Lipinski definition) is 1. The molecule has 3 rings (SSSR count). The van der Waals surface area contributed by atoms with Crippen molar-refractivity contribution >= 4 is 23.4 Å². The number of pyridine rings is 1. The maximum atomic E-state index is 13.4. The van der Waals surface area contributed by atoms with Crippen LogP contribution in [0.2, 0.25) is 0 Å². The molecule has 3 amide bonds. The van der Waals surface area contributed by atoms with Crippen LogP contribution in [-0.2, 0) is 25.5 Å². The van der Waals surface area contributed by atoms with Crippen LogP contribution in [0.3, 0.4) is 0 Å². The molecule has 1 aliphatic heterocycles. The van der Waals surface area contributed by atoms with E-state index < -0.39 is 0 Å². The van der Waals surface area contributed by atoms with Crippen LogP contribution in [0.4, 0.5) is 5.69 Å². The van der Waals surface area contributed by atoms with Crippen LogP contribution < -0.4 is 10.1 Å². The van der Waals surface area contributed by atoms with E-state index in [1.807, 2.05) is 26.0 Å². The summed E-state index contributed by atoms with van der Waals surface area (Å²) < 4.78 is 16.7. The summed E-state index contributed by atoms with van der Waals surface area (Å²) in [5, 5.41) is 2.73. The van der Waals surface area contributed by atoms with Gasteiger partial charge in [-0.3, -0.25) is 19.4 Å². The molecule has 2 aromatic rings. The van der Waals surface area contributed by atoms with Gasteiger partial charge in [-0.1, -0.05) is 13.0 Å². The Labute approximate surface area is 217 Å². The van der Waals surface area contributed by atoms with E-state index >= 15 is 0 Å². The van der Waals surface area contributed by atoms with Gasteiger partial charge in [0.25, 0.3) is 5.91 Å². The van der Waals surface area contributed by atoms with Gasteiger partial charge < -0.3 is 29.3 Å². The van der Waals surface area contributed by atoms with Crippen molar-refractivity contribution in [3.8, 4) is 5.75 Å². The highest BCUT2D eigenvalue weighted by Gasteiger charge is 2.30. The number of ether oxygens (including phenoxy) is 3. The van der Waals surface area contributed by atoms with E-state index in [0.29, 0.717) is 30.1 Å². The van der Waals surface area contributed by atoms with Crippen molar-refractivity contribution in [3.63, 3.8) is 0 Å². The molecule has 1 aromatic carbocycles. The SMILES string of the molecule is COCC(=O)Nc1ccc2c(c1)OC[C@@H](C)N(C(=O)Cc1cccnc1)C[C@H](C)[C@@H](OC)CN(C)C2=O. The van der Waals surface area contributed by atoms with E-state index in [0.717, 1.165) is 5.56 Å². The summed E-state index contributed by atoms with van der Waals surface area (Å²) in [5.74, 6) is -0.319. The highest BCUT2D eigenvalue weighted by molar-refractivity contribution is 5.98. The van der Waals surface area contributed by atoms with Gasteiger partial charge in [-0.05, 0) is 30.7 Å². The first kappa shape index (κ1) is 28.1. The molecule has 0 spiro atoms. The van der Waals surface area contributed by atoms with E-state index in [4.69, 9.17) is 14.2 Å². The molecule has 0 saturated heterocycles. The molecule has 1 aromatic heterocycles. The predicted octanol–water partition coefficient (Wildman–Crippen LogP) is 2.24. The van der Waals surface area contributed by atoms with E-state index in [-0.39, 0.29) is 55.4 Å². The molecule has 0 aliphatic carbocycles. The fourth-order valence-electron chi connectivity index (χ4n) is 4.30. The first-order valence-corrected chi connectivity index (χ1v) is 12.3. The zero-order chi connectivity index (χ0) is 26.9. The van der Waals surface area contributed by atoms with Crippen LogP contribution in [0.5, 0.6) is 5.75 Å². The van der Waals surface area contributed by atoms with Crippen LogP contribution in [0.1, 0.15) is 29.8 Å². The molecular weight excluding hydrogens is 476 g/mol. The molecule has 200 valence electrons. The minimum atomic E-state index is -0.323. The van der Waals surface area contributed by atoms with E-state index in [9.17, 15) is 14.4 Å². The predicted molar refractivity (Wildman–Crippen MR) is 138 cm³/mol. The van der Waals surface area contributed by atoms with Crippen molar-refractivity contribution in [2.45, 2.75) is 32.4 Å². The minimum absolute atomic E-state index is 0.0437. The Hall–Kier alpha value is -3.50. The summed E-state index contributed by atoms with van der Waals surface area (Å²) in [6.07, 6.45) is 3.29. The monoisotopic (exact) mass is 512 g/mol. The van der Waals surface area contributed by atoms with E-state index in [2.05, 4.69) is 10.3 Å². The average molecular weight is 513 g/mol. The van der Waals surface area contributed by atoms with Crippen molar-refractivity contribution in [2.75, 3.05) is 52.9 Å². The first-order valence-electron chi connectivity index (χ1n) is 12.3. The smallest absolute Gasteiger partial charge is 0.257 e. The summed E-state index contributed by atoms with van der Waals surface area (Å²) in [6, 6.07) is 8.28. The number of amides is 3. The van der Waals surface area contributed by atoms with Crippen molar-refractivity contribution in [1.29, 1.82) is 0 Å². The Bertz CT molecular complexity index is 1080. The summed E-state index contributed by atoms with van der Waals surface area (Å²) in [4.78, 5) is 46.3. The van der Waals surface area contributed by atoms with Gasteiger partial charge in [0.15, 0.2) is 0 Å². The zero-order valence-electron chi connectivity index (χ0n) is 22.1. The molecule has 0 saturated carbocycles. The van der Waals surface area contributed by atoms with Gasteiger partial charge in [-0.15, -0.1) is 0 Å². The molecule has 0 radical (unpaired) electrons. The second-order valence-electron chi connectivity index (χ2n) is 9.37. The second-order valence-corrected chi connectivity index (χ2v) is 9.37. The van der Waals surface area contributed by atoms with Crippen LogP contribution in [0.15, 0.2) is 42.7 Å². The van der Waals surface area contributed by atoms with Gasteiger partial charge in [0.1, 0.15) is 19.0 Å². The maximum Gasteiger partial charge on any atom is 0.257 e. The number of methoxy groups -OCH3 is 2. The standard InChI is InChI=1S/C27H36N4O6/c1-18-14-31(26(33)11-20-7-6-10-28-13-20)19(2)16-37-23-12-21(29-25(32)17-35-4)8-9-22(23)27(34)30(3)15-24(18)36-5/h6-10,12-13,18-19,24H,11,14-17H2,1-5H3,(H,29,32)/t18-,19+,24-/m0/s1. The molecule has 0 fully saturated rings. The van der Waals surface area contributed by atoms with E-state index in [1.165, 1.54) is 7.11 Å². The lowest BCUT2D eigenvalue weighted by Crippen LogP contribution is -2.49. The number of carbonyl (C=O) groups is 3. The summed E-state index contributed by atoms with van der Waals surface area (Å²) in [7, 11) is 4.76. The number of rotatable bonds is 6. The molecule has 1 N–H and O–H groups in total. The molecule has 1 aliphatic rings. The fraction of sp³-hybridized carbons (Fsp3) is 0.481. The van der Waals surface area contributed by atoms with Crippen molar-refractivity contribution in [1.82, 2.24) is 14.8 Å². The quantitative estimate of drug-likeness (QED) is 0.632. The Kier molecular flexibility index (Phi) is 9.99. The minimum Gasteiger partial charge on any atom is -0.491 e. The van der Waals surface area contributed by atoms with Gasteiger partial charge >= 0.3 is 0 Å². The van der Waals surface area contributed by atoms with E-state index in [1.54, 1.807) is 54.6 Å². The number of likely N-dealkylation sites (N-methyl/N-ethyl adjacent to an activating group) is 1. The number of nitrogens with one attached hydrogen (secondary N) is 1. The highest BCUT2D eigenvalue weighted by atomic mass is 16.5. The topological polar surface area (TPSA) is 110 Å². The lowest BCUT2D eigenvalue weighted by Gasteiger charge is -2.36. The molecular formula is C27H36N4O6. The number of aromatic nitrogens is 1. The van der Waals surface area contributed by atoms with Gasteiger partial charge in [0.05, 0.1) is 24.1 Å². The van der Waals surface area contributed by atoms with Crippen molar-refractivity contribution in [3.05, 3.63) is 53.9 Å². The third kappa shape index (κ3) is 7.50. The molecule has 2 heterocycles. The Morgan fingerprint density at radius 3 is 2.65 bits per heavy atom. The fourth-order valence-corrected chi connectivity index (χ4v) is 4.30. The van der Waals surface area contributed by atoms with Crippen molar-refractivity contribution in [2.24, 2.45) is 5.92 Å². The van der Waals surface area contributed by atoms with Gasteiger partial charge in [-0.2, -0.15) is 0 Å². The summed E-state index contributed by atoms with van der Waals surface area (Å²) >= 11 is 0. The number of fused-ring (bicyclic) bond motifs is 1. The lowest BCUT2D eigenvalue weighted by atomic mass is 10.0. The average Bonchev–Trinajstić information content (AvgIpc) is 2.88. The molecule has 10 heteroatoms. The largest absolute Gasteiger partial charge is 0.491 e.